The molecule has 0 bridgehead atoms. The van der Waals surface area contributed by atoms with E-state index in [0.29, 0.717) is 11.6 Å². The maximum atomic E-state index is 11.9. The second-order valence-electron chi connectivity index (χ2n) is 6.96. The van der Waals surface area contributed by atoms with E-state index in [1.54, 1.807) is 48.7 Å². The van der Waals surface area contributed by atoms with E-state index in [0.717, 1.165) is 5.56 Å². The summed E-state index contributed by atoms with van der Waals surface area (Å²) in [6.45, 7) is 8.51. The van der Waals surface area contributed by atoms with Gasteiger partial charge in [0.1, 0.15) is 10.0 Å². The Morgan fingerprint density at radius 2 is 1.43 bits per heavy atom. The third-order valence-electron chi connectivity index (χ3n) is 4.19. The average Bonchev–Trinajstić information content (AvgIpc) is 2.76. The fraction of sp³-hybridized carbons (Fsp3) is 0.261. The van der Waals surface area contributed by atoms with Gasteiger partial charge in [0.15, 0.2) is 0 Å². The number of rotatable bonds is 5. The molecular weight excluding hydrogens is 505 g/mol. The van der Waals surface area contributed by atoms with Crippen molar-refractivity contribution >= 4 is 19.7 Å². The van der Waals surface area contributed by atoms with E-state index in [4.69, 9.17) is 0 Å². The van der Waals surface area contributed by atoms with Crippen LogP contribution in [-0.4, -0.2) is 13.4 Å². The van der Waals surface area contributed by atoms with Gasteiger partial charge >= 0.3 is 27.0 Å². The van der Waals surface area contributed by atoms with Gasteiger partial charge in [-0.2, -0.15) is 0 Å². The number of benzene rings is 2. The molecule has 0 unspecified atom stereocenters. The van der Waals surface area contributed by atoms with Crippen LogP contribution in [0.2, 0.25) is 0 Å². The van der Waals surface area contributed by atoms with E-state index in [9.17, 15) is 8.42 Å². The van der Waals surface area contributed by atoms with Crippen LogP contribution in [0.15, 0.2) is 77.8 Å². The minimum absolute atomic E-state index is 0.0665. The normalized spacial score (nSPS) is 10.5. The van der Waals surface area contributed by atoms with Crippen molar-refractivity contribution in [2.75, 3.05) is 0 Å². The summed E-state index contributed by atoms with van der Waals surface area (Å²) in [6.07, 6.45) is 1.61. The molecule has 3 rings (SSSR count). The molecule has 2 aromatic carbocycles. The summed E-state index contributed by atoms with van der Waals surface area (Å²) in [4.78, 5) is 4.24. The topological polar surface area (TPSA) is 61.1 Å². The van der Waals surface area contributed by atoms with Crippen LogP contribution in [0.3, 0.4) is 0 Å². The molecule has 162 valence electrons. The fourth-order valence-electron chi connectivity index (χ4n) is 2.38. The molecule has 7 heteroatoms. The van der Waals surface area contributed by atoms with Gasteiger partial charge in [-0.15, -0.1) is 0 Å². The number of pyridine rings is 1. The van der Waals surface area contributed by atoms with E-state index in [1.807, 2.05) is 24.2 Å². The third-order valence-corrected chi connectivity index (χ3v) is 5.52. The van der Waals surface area contributed by atoms with Gasteiger partial charge in [-0.1, -0.05) is 74.0 Å². The zero-order valence-electron chi connectivity index (χ0n) is 17.6. The molecule has 1 heterocycles. The van der Waals surface area contributed by atoms with Gasteiger partial charge < -0.3 is 4.72 Å². The van der Waals surface area contributed by atoms with Gasteiger partial charge in [-0.05, 0) is 49.6 Å². The number of sulfonamides is 1. The molecule has 0 aliphatic rings. The summed E-state index contributed by atoms with van der Waals surface area (Å²) in [7, 11) is 0.979. The second kappa shape index (κ2) is 13.7. The zero-order chi connectivity index (χ0) is 22.6. The standard InChI is InChI=1S/C13H13N2O2S.C10H14.ClH.Ru/c1-11-5-7-13(8-6-11)18(16,17)15-10-12-4-2-3-9-14-12;1-8(2)10-6-4-9(3)5-7-10;;/h2-9H,10H2,1H3;4-8H,1-3H3;1H;/q-1;;;+2/p-1. The third kappa shape index (κ3) is 9.48. The van der Waals surface area contributed by atoms with Crippen LogP contribution < -0.4 is 0 Å². The number of aryl methyl sites for hydroxylation is 2. The molecule has 0 atom stereocenters. The average molecular weight is 532 g/mol. The number of halogens is 1. The van der Waals surface area contributed by atoms with Crippen molar-refractivity contribution in [1.29, 1.82) is 0 Å². The van der Waals surface area contributed by atoms with Crippen LogP contribution >= 0.6 is 9.69 Å². The van der Waals surface area contributed by atoms with Crippen molar-refractivity contribution in [3.05, 3.63) is 100 Å². The molecule has 0 saturated carbocycles. The Labute approximate surface area is 194 Å². The van der Waals surface area contributed by atoms with Gasteiger partial charge in [-0.3, -0.25) is 4.98 Å². The van der Waals surface area contributed by atoms with Gasteiger partial charge in [0.2, 0.25) is 0 Å². The molecule has 30 heavy (non-hydrogen) atoms. The molecule has 0 radical (unpaired) electrons. The molecule has 0 spiro atoms. The second-order valence-corrected chi connectivity index (χ2v) is 8.64. The van der Waals surface area contributed by atoms with Gasteiger partial charge in [0.25, 0.3) is 0 Å². The summed E-state index contributed by atoms with van der Waals surface area (Å²) in [6, 6.07) is 20.7. The number of nitrogens with zero attached hydrogens (tertiary/aromatic N) is 2. The summed E-state index contributed by atoms with van der Waals surface area (Å²) in [5.74, 6) is 0.653. The molecule has 0 amide bonds. The first-order chi connectivity index (χ1) is 14.3. The van der Waals surface area contributed by atoms with Crippen molar-refractivity contribution < 1.29 is 25.7 Å². The first-order valence-corrected chi connectivity index (χ1v) is 13.1. The number of hydrogen-bond acceptors (Lipinski definition) is 3. The molecule has 1 aromatic heterocycles. The Morgan fingerprint density at radius 3 is 1.90 bits per heavy atom. The van der Waals surface area contributed by atoms with Crippen molar-refractivity contribution in [2.24, 2.45) is 0 Å². The molecule has 3 aromatic rings. The van der Waals surface area contributed by atoms with E-state index in [-0.39, 0.29) is 11.4 Å². The van der Waals surface area contributed by atoms with Crippen LogP contribution in [0, 0.1) is 13.8 Å². The van der Waals surface area contributed by atoms with E-state index >= 15 is 0 Å². The predicted octanol–water partition coefficient (Wildman–Crippen LogP) is 6.46. The van der Waals surface area contributed by atoms with E-state index < -0.39 is 10.0 Å². The summed E-state index contributed by atoms with van der Waals surface area (Å²) in [5, 5.41) is 0. The van der Waals surface area contributed by atoms with Crippen LogP contribution in [0.1, 0.15) is 42.1 Å². The maximum absolute atomic E-state index is 11.9. The number of hydrogen-bond donors (Lipinski definition) is 0. The van der Waals surface area contributed by atoms with Gasteiger partial charge in [0, 0.05) is 16.8 Å². The molecule has 4 nitrogen and oxygen atoms in total. The molecule has 0 saturated heterocycles. The Kier molecular flexibility index (Phi) is 12.0. The Morgan fingerprint density at radius 1 is 0.900 bits per heavy atom. The predicted molar refractivity (Wildman–Crippen MR) is 121 cm³/mol. The zero-order valence-corrected chi connectivity index (χ0v) is 20.9. The Bertz CT molecular complexity index is 962. The summed E-state index contributed by atoms with van der Waals surface area (Å²) in [5.41, 5.74) is 4.40. The molecule has 0 fully saturated rings. The van der Waals surface area contributed by atoms with Crippen molar-refractivity contribution in [3.8, 4) is 0 Å². The fourth-order valence-corrected chi connectivity index (χ4v) is 3.31. The first kappa shape index (κ1) is 26.4. The van der Waals surface area contributed by atoms with E-state index in [2.05, 4.69) is 64.4 Å². The number of aromatic nitrogens is 1. The van der Waals surface area contributed by atoms with Crippen molar-refractivity contribution in [2.45, 2.75) is 45.1 Å². The summed E-state index contributed by atoms with van der Waals surface area (Å²) >= 11 is 1.82. The van der Waals surface area contributed by atoms with Crippen molar-refractivity contribution in [3.63, 3.8) is 0 Å². The Balaban J connectivity index is 0.000000318. The van der Waals surface area contributed by atoms with Crippen LogP contribution in [0.4, 0.5) is 0 Å². The monoisotopic (exact) mass is 532 g/mol. The minimum atomic E-state index is -3.59. The Hall–Kier alpha value is -1.59. The quantitative estimate of drug-likeness (QED) is 0.355. The van der Waals surface area contributed by atoms with Crippen molar-refractivity contribution in [1.82, 2.24) is 4.98 Å². The van der Waals surface area contributed by atoms with Crippen LogP contribution in [-0.2, 0) is 33.9 Å². The first-order valence-electron chi connectivity index (χ1n) is 9.38. The SMILES string of the molecule is Cc1ccc(C(C)C)cc1.Cc1ccc(S(=O)(=O)[N-]Cc2ccccn2)cc1.[Cl][Ru+]. The summed E-state index contributed by atoms with van der Waals surface area (Å²) < 4.78 is 27.6. The van der Waals surface area contributed by atoms with Crippen LogP contribution in [0.5, 0.6) is 0 Å². The van der Waals surface area contributed by atoms with Crippen LogP contribution in [0.25, 0.3) is 4.72 Å². The molecule has 0 aliphatic heterocycles. The van der Waals surface area contributed by atoms with Gasteiger partial charge in [0.05, 0.1) is 0 Å². The molecule has 0 N–H and O–H groups in total. The van der Waals surface area contributed by atoms with Gasteiger partial charge in [-0.25, -0.2) is 8.42 Å². The molecule has 0 aliphatic carbocycles. The van der Waals surface area contributed by atoms with E-state index in [1.165, 1.54) is 11.1 Å². The molecular formula is C23H27ClN2O2RuS.